The van der Waals surface area contributed by atoms with Gasteiger partial charge in [0, 0.05) is 25.0 Å². The molecule has 23 heavy (non-hydrogen) atoms. The minimum absolute atomic E-state index is 0.00233. The number of nitrogens with two attached hydrogens (primary N) is 1. The number of amides is 2. The van der Waals surface area contributed by atoms with Crippen LogP contribution in [-0.4, -0.2) is 42.4 Å². The van der Waals surface area contributed by atoms with Gasteiger partial charge in [0.15, 0.2) is 0 Å². The van der Waals surface area contributed by atoms with E-state index in [1.165, 1.54) is 12.5 Å². The lowest BCUT2D eigenvalue weighted by atomic mass is 9.94. The van der Waals surface area contributed by atoms with Gasteiger partial charge in [-0.05, 0) is 44.2 Å². The molecule has 2 heterocycles. The molecule has 1 aliphatic carbocycles. The Labute approximate surface area is 136 Å². The molecular formula is C17H25N3O3. The van der Waals surface area contributed by atoms with Crippen molar-refractivity contribution in [3.63, 3.8) is 0 Å². The zero-order valence-electron chi connectivity index (χ0n) is 13.4. The topological polar surface area (TPSA) is 88.6 Å². The molecule has 2 amide bonds. The van der Waals surface area contributed by atoms with Crippen LogP contribution in [0.5, 0.6) is 0 Å². The van der Waals surface area contributed by atoms with Crippen LogP contribution in [0.4, 0.5) is 0 Å². The van der Waals surface area contributed by atoms with Gasteiger partial charge in [-0.3, -0.25) is 9.59 Å². The van der Waals surface area contributed by atoms with Crippen LogP contribution in [0.25, 0.3) is 0 Å². The van der Waals surface area contributed by atoms with E-state index < -0.39 is 0 Å². The number of rotatable bonds is 4. The first-order valence-electron chi connectivity index (χ1n) is 8.51. The molecule has 0 bridgehead atoms. The van der Waals surface area contributed by atoms with E-state index in [4.69, 9.17) is 10.2 Å². The van der Waals surface area contributed by atoms with Gasteiger partial charge in [0.25, 0.3) is 5.91 Å². The van der Waals surface area contributed by atoms with Crippen molar-refractivity contribution in [2.24, 2.45) is 17.6 Å². The second-order valence-electron chi connectivity index (χ2n) is 6.62. The summed E-state index contributed by atoms with van der Waals surface area (Å²) in [5.74, 6) is 0.559. The summed E-state index contributed by atoms with van der Waals surface area (Å²) >= 11 is 0. The first kappa shape index (κ1) is 16.1. The van der Waals surface area contributed by atoms with Gasteiger partial charge in [0.2, 0.25) is 5.91 Å². The van der Waals surface area contributed by atoms with Crippen molar-refractivity contribution in [2.75, 3.05) is 19.6 Å². The number of furan rings is 1. The maximum absolute atomic E-state index is 12.4. The quantitative estimate of drug-likeness (QED) is 0.877. The van der Waals surface area contributed by atoms with Crippen molar-refractivity contribution < 1.29 is 14.0 Å². The summed E-state index contributed by atoms with van der Waals surface area (Å²) in [7, 11) is 0. The van der Waals surface area contributed by atoms with Gasteiger partial charge in [0.05, 0.1) is 11.8 Å². The lowest BCUT2D eigenvalue weighted by Crippen LogP contribution is -2.48. The van der Waals surface area contributed by atoms with Gasteiger partial charge in [-0.1, -0.05) is 6.42 Å². The molecule has 0 unspecified atom stereocenters. The largest absolute Gasteiger partial charge is 0.472 e. The van der Waals surface area contributed by atoms with E-state index in [0.29, 0.717) is 31.1 Å². The van der Waals surface area contributed by atoms with Gasteiger partial charge >= 0.3 is 0 Å². The van der Waals surface area contributed by atoms with Crippen LogP contribution in [0.1, 0.15) is 42.5 Å². The van der Waals surface area contributed by atoms with E-state index in [-0.39, 0.29) is 23.8 Å². The predicted octanol–water partition coefficient (Wildman–Crippen LogP) is 1.38. The maximum atomic E-state index is 12.4. The summed E-state index contributed by atoms with van der Waals surface area (Å²) < 4.78 is 4.96. The molecule has 2 atom stereocenters. The van der Waals surface area contributed by atoms with Crippen molar-refractivity contribution >= 4 is 11.8 Å². The average Bonchev–Trinajstić information content (AvgIpc) is 3.26. The molecule has 2 fully saturated rings. The highest BCUT2D eigenvalue weighted by atomic mass is 16.3. The molecular weight excluding hydrogens is 294 g/mol. The number of carbonyl (C=O) groups excluding carboxylic acids is 2. The minimum Gasteiger partial charge on any atom is -0.472 e. The third kappa shape index (κ3) is 3.58. The highest BCUT2D eigenvalue weighted by Gasteiger charge is 2.33. The molecule has 3 N–H and O–H groups in total. The minimum atomic E-state index is 0.00233. The fourth-order valence-corrected chi connectivity index (χ4v) is 3.77. The molecule has 0 radical (unpaired) electrons. The highest BCUT2D eigenvalue weighted by Crippen LogP contribution is 2.31. The van der Waals surface area contributed by atoms with E-state index in [2.05, 4.69) is 5.32 Å². The first-order chi connectivity index (χ1) is 11.2. The number of nitrogens with zero attached hydrogens (tertiary/aromatic N) is 1. The summed E-state index contributed by atoms with van der Waals surface area (Å²) in [6.07, 6.45) is 7.69. The lowest BCUT2D eigenvalue weighted by Gasteiger charge is -2.33. The van der Waals surface area contributed by atoms with Gasteiger partial charge < -0.3 is 20.4 Å². The standard InChI is InChI=1S/C17H25N3O3/c18-10-12-2-1-3-15(12)16(21)19-14-4-7-20(8-5-14)17(22)13-6-9-23-11-13/h6,9,11-12,14-15H,1-5,7-8,10,18H2,(H,19,21)/t12-,15-/m1/s1. The number of likely N-dealkylation sites (tertiary alicyclic amines) is 1. The molecule has 1 saturated heterocycles. The molecule has 1 saturated carbocycles. The molecule has 0 aromatic carbocycles. The van der Waals surface area contributed by atoms with Crippen molar-refractivity contribution in [1.82, 2.24) is 10.2 Å². The lowest BCUT2D eigenvalue weighted by molar-refractivity contribution is -0.126. The Hall–Kier alpha value is -1.82. The van der Waals surface area contributed by atoms with Crippen molar-refractivity contribution in [3.05, 3.63) is 24.2 Å². The molecule has 3 rings (SSSR count). The van der Waals surface area contributed by atoms with Crippen LogP contribution in [0.2, 0.25) is 0 Å². The van der Waals surface area contributed by atoms with E-state index in [0.717, 1.165) is 32.1 Å². The number of piperidine rings is 1. The summed E-state index contributed by atoms with van der Waals surface area (Å²) in [6.45, 7) is 1.93. The normalized spacial score (nSPS) is 25.5. The summed E-state index contributed by atoms with van der Waals surface area (Å²) in [5.41, 5.74) is 6.35. The third-order valence-corrected chi connectivity index (χ3v) is 5.20. The van der Waals surface area contributed by atoms with Crippen LogP contribution >= 0.6 is 0 Å². The zero-order valence-corrected chi connectivity index (χ0v) is 13.4. The second kappa shape index (κ2) is 7.17. The van der Waals surface area contributed by atoms with E-state index in [1.807, 2.05) is 4.90 Å². The number of hydrogen-bond donors (Lipinski definition) is 2. The highest BCUT2D eigenvalue weighted by molar-refractivity contribution is 5.93. The van der Waals surface area contributed by atoms with Crippen molar-refractivity contribution in [1.29, 1.82) is 0 Å². The molecule has 2 aliphatic rings. The Bertz CT molecular complexity index is 535. The Kier molecular flexibility index (Phi) is 5.00. The summed E-state index contributed by atoms with van der Waals surface area (Å²) in [6, 6.07) is 1.85. The Balaban J connectivity index is 1.47. The van der Waals surface area contributed by atoms with Gasteiger partial charge in [-0.25, -0.2) is 0 Å². The number of nitrogens with one attached hydrogen (secondary N) is 1. The van der Waals surface area contributed by atoms with Crippen LogP contribution in [0.3, 0.4) is 0 Å². The van der Waals surface area contributed by atoms with Crippen LogP contribution < -0.4 is 11.1 Å². The zero-order chi connectivity index (χ0) is 16.2. The van der Waals surface area contributed by atoms with Crippen molar-refractivity contribution in [2.45, 2.75) is 38.1 Å². The molecule has 126 valence electrons. The third-order valence-electron chi connectivity index (χ3n) is 5.20. The van der Waals surface area contributed by atoms with Gasteiger partial charge in [-0.15, -0.1) is 0 Å². The van der Waals surface area contributed by atoms with E-state index >= 15 is 0 Å². The molecule has 0 spiro atoms. The number of hydrogen-bond acceptors (Lipinski definition) is 4. The molecule has 1 aromatic rings. The average molecular weight is 319 g/mol. The second-order valence-corrected chi connectivity index (χ2v) is 6.62. The fraction of sp³-hybridized carbons (Fsp3) is 0.647. The first-order valence-corrected chi connectivity index (χ1v) is 8.51. The Morgan fingerprint density at radius 3 is 2.70 bits per heavy atom. The molecule has 6 nitrogen and oxygen atoms in total. The van der Waals surface area contributed by atoms with Gasteiger partial charge in [0.1, 0.15) is 6.26 Å². The summed E-state index contributed by atoms with van der Waals surface area (Å²) in [5, 5.41) is 3.17. The summed E-state index contributed by atoms with van der Waals surface area (Å²) in [4.78, 5) is 26.5. The Morgan fingerprint density at radius 1 is 1.26 bits per heavy atom. The SMILES string of the molecule is NC[C@H]1CCC[C@H]1C(=O)NC1CCN(C(=O)c2ccoc2)CC1. The molecule has 6 heteroatoms. The Morgan fingerprint density at radius 2 is 2.04 bits per heavy atom. The number of carbonyl (C=O) groups is 2. The molecule has 1 aromatic heterocycles. The van der Waals surface area contributed by atoms with Crippen LogP contribution in [0, 0.1) is 11.8 Å². The molecule has 1 aliphatic heterocycles. The van der Waals surface area contributed by atoms with E-state index in [1.54, 1.807) is 6.07 Å². The van der Waals surface area contributed by atoms with E-state index in [9.17, 15) is 9.59 Å². The monoisotopic (exact) mass is 319 g/mol. The smallest absolute Gasteiger partial charge is 0.257 e. The maximum Gasteiger partial charge on any atom is 0.257 e. The van der Waals surface area contributed by atoms with Gasteiger partial charge in [-0.2, -0.15) is 0 Å². The van der Waals surface area contributed by atoms with Crippen LogP contribution in [-0.2, 0) is 4.79 Å². The predicted molar refractivity (Wildman–Crippen MR) is 85.7 cm³/mol. The van der Waals surface area contributed by atoms with Crippen molar-refractivity contribution in [3.8, 4) is 0 Å². The van der Waals surface area contributed by atoms with Crippen LogP contribution in [0.15, 0.2) is 23.0 Å². The fourth-order valence-electron chi connectivity index (χ4n) is 3.77.